The summed E-state index contributed by atoms with van der Waals surface area (Å²) in [6, 6.07) is 0. The molecule has 0 aromatic rings. The van der Waals surface area contributed by atoms with Gasteiger partial charge in [-0.2, -0.15) is 0 Å². The lowest BCUT2D eigenvalue weighted by molar-refractivity contribution is -0.138. The summed E-state index contributed by atoms with van der Waals surface area (Å²) >= 11 is 0. The summed E-state index contributed by atoms with van der Waals surface area (Å²) in [6.45, 7) is 3.40. The second kappa shape index (κ2) is 23.4. The van der Waals surface area contributed by atoms with E-state index in [1.54, 1.807) is 0 Å². The Kier molecular flexibility index (Phi) is 21.4. The molecule has 1 aliphatic carbocycles. The molecule has 0 N–H and O–H groups in total. The maximum absolute atomic E-state index is 11.2. The zero-order valence-electron chi connectivity index (χ0n) is 21.6. The smallest absolute Gasteiger partial charge is 0.310 e. The third-order valence-corrected chi connectivity index (χ3v) is 7.43. The first kappa shape index (κ1) is 29.2. The number of hydrogen-bond acceptors (Lipinski definition) is 2. The summed E-state index contributed by atoms with van der Waals surface area (Å²) in [4.78, 5) is 11.2. The first-order valence-electron chi connectivity index (χ1n) is 14.6. The Morgan fingerprint density at radius 1 is 0.594 bits per heavy atom. The first-order valence-corrected chi connectivity index (χ1v) is 14.6. The van der Waals surface area contributed by atoms with Gasteiger partial charge >= 0.3 is 5.97 Å². The van der Waals surface area contributed by atoms with Gasteiger partial charge in [-0.3, -0.25) is 4.79 Å². The highest BCUT2D eigenvalue weighted by atomic mass is 16.5. The van der Waals surface area contributed by atoms with Crippen LogP contribution in [0.5, 0.6) is 0 Å². The molecule has 0 aliphatic heterocycles. The van der Waals surface area contributed by atoms with Crippen LogP contribution in [0.1, 0.15) is 167 Å². The molecule has 0 spiro atoms. The third-order valence-electron chi connectivity index (χ3n) is 7.43. The van der Waals surface area contributed by atoms with Gasteiger partial charge in [-0.05, 0) is 12.3 Å². The Labute approximate surface area is 201 Å². The Morgan fingerprint density at radius 3 is 1.38 bits per heavy atom. The molecular weight excluding hydrogens is 392 g/mol. The SMILES string of the molecule is C=COC(=O)CCCCCCCCCCCCCCCCCCCCCC1CCCCC1. The van der Waals surface area contributed by atoms with Crippen LogP contribution in [0.2, 0.25) is 0 Å². The molecule has 2 nitrogen and oxygen atoms in total. The molecule has 0 amide bonds. The topological polar surface area (TPSA) is 26.3 Å². The van der Waals surface area contributed by atoms with Crippen LogP contribution in [0, 0.1) is 5.92 Å². The minimum absolute atomic E-state index is 0.143. The van der Waals surface area contributed by atoms with E-state index in [-0.39, 0.29) is 5.97 Å². The minimum atomic E-state index is -0.143. The largest absolute Gasteiger partial charge is 0.435 e. The van der Waals surface area contributed by atoms with Crippen molar-refractivity contribution in [2.45, 2.75) is 167 Å². The van der Waals surface area contributed by atoms with E-state index in [4.69, 9.17) is 4.74 Å². The summed E-state index contributed by atoms with van der Waals surface area (Å²) < 4.78 is 4.72. The lowest BCUT2D eigenvalue weighted by Crippen LogP contribution is -2.05. The molecule has 1 saturated carbocycles. The predicted octanol–water partition coefficient (Wildman–Crippen LogP) is 10.4. The first-order chi connectivity index (χ1) is 15.8. The molecule has 1 aliphatic rings. The molecule has 0 unspecified atom stereocenters. The Hall–Kier alpha value is -0.790. The molecule has 0 aromatic heterocycles. The van der Waals surface area contributed by atoms with E-state index >= 15 is 0 Å². The van der Waals surface area contributed by atoms with Crippen LogP contribution in [0.4, 0.5) is 0 Å². The molecule has 0 heterocycles. The van der Waals surface area contributed by atoms with Crippen molar-refractivity contribution in [3.8, 4) is 0 Å². The van der Waals surface area contributed by atoms with Crippen LogP contribution in [0.3, 0.4) is 0 Å². The van der Waals surface area contributed by atoms with Crippen LogP contribution in [0.15, 0.2) is 12.8 Å². The van der Waals surface area contributed by atoms with Crippen LogP contribution in [-0.2, 0) is 9.53 Å². The average Bonchev–Trinajstić information content (AvgIpc) is 2.81. The van der Waals surface area contributed by atoms with E-state index in [0.717, 1.165) is 18.8 Å². The van der Waals surface area contributed by atoms with Crippen LogP contribution < -0.4 is 0 Å². The van der Waals surface area contributed by atoms with Crippen molar-refractivity contribution >= 4 is 5.97 Å². The summed E-state index contributed by atoms with van der Waals surface area (Å²) in [6.07, 6.45) is 37.2. The number of hydrogen-bond donors (Lipinski definition) is 0. The van der Waals surface area contributed by atoms with E-state index in [0.29, 0.717) is 6.42 Å². The van der Waals surface area contributed by atoms with Gasteiger partial charge in [0, 0.05) is 6.42 Å². The Balaban J connectivity index is 1.65. The van der Waals surface area contributed by atoms with Gasteiger partial charge < -0.3 is 4.74 Å². The highest BCUT2D eigenvalue weighted by molar-refractivity contribution is 5.69. The van der Waals surface area contributed by atoms with Crippen molar-refractivity contribution in [3.63, 3.8) is 0 Å². The number of unbranched alkanes of at least 4 members (excludes halogenated alkanes) is 18. The van der Waals surface area contributed by atoms with Crippen LogP contribution >= 0.6 is 0 Å². The Bertz CT molecular complexity index is 411. The number of carbonyl (C=O) groups excluding carboxylic acids is 1. The molecule has 1 fully saturated rings. The second-order valence-electron chi connectivity index (χ2n) is 10.4. The van der Waals surface area contributed by atoms with Crippen LogP contribution in [-0.4, -0.2) is 5.97 Å². The van der Waals surface area contributed by atoms with Gasteiger partial charge in [0.15, 0.2) is 0 Å². The fraction of sp³-hybridized carbons (Fsp3) is 0.900. The van der Waals surface area contributed by atoms with Gasteiger partial charge in [-0.15, -0.1) is 0 Å². The normalized spacial score (nSPS) is 14.5. The fourth-order valence-corrected chi connectivity index (χ4v) is 5.34. The molecule has 188 valence electrons. The number of ether oxygens (including phenoxy) is 1. The standard InChI is InChI=1S/C30H56O2/c1-2-32-30(31)28-24-19-17-15-13-11-9-7-5-3-4-6-8-10-12-14-16-18-21-25-29-26-22-20-23-27-29/h2,29H,1,3-28H2. The molecule has 0 atom stereocenters. The molecule has 2 heteroatoms. The maximum atomic E-state index is 11.2. The van der Waals surface area contributed by atoms with Gasteiger partial charge in [0.2, 0.25) is 0 Å². The maximum Gasteiger partial charge on any atom is 0.310 e. The summed E-state index contributed by atoms with van der Waals surface area (Å²) in [5, 5.41) is 0. The highest BCUT2D eigenvalue weighted by Gasteiger charge is 2.12. The van der Waals surface area contributed by atoms with E-state index in [1.807, 2.05) is 0 Å². The predicted molar refractivity (Wildman–Crippen MR) is 140 cm³/mol. The third kappa shape index (κ3) is 19.9. The molecule has 32 heavy (non-hydrogen) atoms. The van der Waals surface area contributed by atoms with Crippen molar-refractivity contribution in [1.82, 2.24) is 0 Å². The quantitative estimate of drug-likeness (QED) is 0.0882. The van der Waals surface area contributed by atoms with Crippen molar-refractivity contribution in [2.24, 2.45) is 5.92 Å². The van der Waals surface area contributed by atoms with Gasteiger partial charge in [0.25, 0.3) is 0 Å². The molecule has 0 radical (unpaired) electrons. The molecular formula is C30H56O2. The lowest BCUT2D eigenvalue weighted by Gasteiger charge is -2.21. The molecule has 0 aromatic carbocycles. The second-order valence-corrected chi connectivity index (χ2v) is 10.4. The van der Waals surface area contributed by atoms with Crippen molar-refractivity contribution in [3.05, 3.63) is 12.8 Å². The van der Waals surface area contributed by atoms with Gasteiger partial charge in [-0.25, -0.2) is 0 Å². The van der Waals surface area contributed by atoms with E-state index in [2.05, 4.69) is 6.58 Å². The fourth-order valence-electron chi connectivity index (χ4n) is 5.34. The minimum Gasteiger partial charge on any atom is -0.435 e. The highest BCUT2D eigenvalue weighted by Crippen LogP contribution is 2.28. The van der Waals surface area contributed by atoms with Crippen molar-refractivity contribution in [2.75, 3.05) is 0 Å². The van der Waals surface area contributed by atoms with E-state index < -0.39 is 0 Å². The van der Waals surface area contributed by atoms with Crippen LogP contribution in [0.25, 0.3) is 0 Å². The van der Waals surface area contributed by atoms with E-state index in [1.165, 1.54) is 154 Å². The summed E-state index contributed by atoms with van der Waals surface area (Å²) in [7, 11) is 0. The average molecular weight is 449 g/mol. The molecule has 1 rings (SSSR count). The zero-order valence-corrected chi connectivity index (χ0v) is 21.6. The number of carbonyl (C=O) groups is 1. The van der Waals surface area contributed by atoms with E-state index in [9.17, 15) is 4.79 Å². The summed E-state index contributed by atoms with van der Waals surface area (Å²) in [5.41, 5.74) is 0. The lowest BCUT2D eigenvalue weighted by atomic mass is 9.85. The van der Waals surface area contributed by atoms with Gasteiger partial charge in [0.05, 0.1) is 6.26 Å². The number of rotatable bonds is 23. The van der Waals surface area contributed by atoms with Gasteiger partial charge in [-0.1, -0.05) is 161 Å². The van der Waals surface area contributed by atoms with Crippen molar-refractivity contribution < 1.29 is 9.53 Å². The van der Waals surface area contributed by atoms with Crippen molar-refractivity contribution in [1.29, 1.82) is 0 Å². The number of esters is 1. The monoisotopic (exact) mass is 448 g/mol. The summed E-state index contributed by atoms with van der Waals surface area (Å²) in [5.74, 6) is 0.941. The Morgan fingerprint density at radius 2 is 0.969 bits per heavy atom. The zero-order chi connectivity index (χ0) is 23.0. The molecule has 0 bridgehead atoms. The van der Waals surface area contributed by atoms with Gasteiger partial charge in [0.1, 0.15) is 0 Å². The molecule has 0 saturated heterocycles.